The van der Waals surface area contributed by atoms with Crippen LogP contribution in [0, 0.1) is 11.6 Å². The number of hydrogen-bond acceptors (Lipinski definition) is 3. The molecule has 0 radical (unpaired) electrons. The topological polar surface area (TPSA) is 72.2 Å². The van der Waals surface area contributed by atoms with Crippen LogP contribution in [-0.2, 0) is 16.6 Å². The SMILES string of the molecule is Nc1cc(S(=O)(=O)NCc2ccc(F)cc2)ccc1F. The van der Waals surface area contributed by atoms with Crippen LogP contribution in [0.1, 0.15) is 5.56 Å². The zero-order valence-electron chi connectivity index (χ0n) is 10.3. The van der Waals surface area contributed by atoms with E-state index in [0.717, 1.165) is 18.2 Å². The first kappa shape index (κ1) is 14.4. The molecule has 106 valence electrons. The van der Waals surface area contributed by atoms with Crippen molar-refractivity contribution < 1.29 is 17.2 Å². The van der Waals surface area contributed by atoms with Gasteiger partial charge < -0.3 is 5.73 Å². The van der Waals surface area contributed by atoms with Gasteiger partial charge in [0.15, 0.2) is 0 Å². The van der Waals surface area contributed by atoms with E-state index in [1.54, 1.807) is 0 Å². The van der Waals surface area contributed by atoms with Crippen LogP contribution < -0.4 is 10.5 Å². The lowest BCUT2D eigenvalue weighted by atomic mass is 10.2. The predicted molar refractivity (Wildman–Crippen MR) is 71.2 cm³/mol. The minimum Gasteiger partial charge on any atom is -0.396 e. The molecule has 0 bridgehead atoms. The molecule has 2 aromatic carbocycles. The first-order valence-corrected chi connectivity index (χ1v) is 7.16. The summed E-state index contributed by atoms with van der Waals surface area (Å²) in [5.41, 5.74) is 5.69. The Labute approximate surface area is 115 Å². The molecule has 0 saturated carbocycles. The first-order valence-electron chi connectivity index (χ1n) is 5.67. The second-order valence-corrected chi connectivity index (χ2v) is 5.90. The molecule has 20 heavy (non-hydrogen) atoms. The summed E-state index contributed by atoms with van der Waals surface area (Å²) < 4.78 is 52.0. The van der Waals surface area contributed by atoms with E-state index >= 15 is 0 Å². The van der Waals surface area contributed by atoms with Gasteiger partial charge in [-0.05, 0) is 35.9 Å². The van der Waals surface area contributed by atoms with Gasteiger partial charge in [0.25, 0.3) is 0 Å². The Bertz CT molecular complexity index is 716. The van der Waals surface area contributed by atoms with E-state index < -0.39 is 21.7 Å². The summed E-state index contributed by atoms with van der Waals surface area (Å²) in [6.45, 7) is -0.000105. The van der Waals surface area contributed by atoms with Crippen LogP contribution in [0.5, 0.6) is 0 Å². The number of benzene rings is 2. The Kier molecular flexibility index (Phi) is 4.01. The third-order valence-electron chi connectivity index (χ3n) is 2.66. The standard InChI is InChI=1S/C13H12F2N2O2S/c14-10-3-1-9(2-4-10)8-17-20(18,19)11-5-6-12(15)13(16)7-11/h1-7,17H,8,16H2. The normalized spacial score (nSPS) is 11.5. The summed E-state index contributed by atoms with van der Waals surface area (Å²) >= 11 is 0. The fourth-order valence-corrected chi connectivity index (χ4v) is 2.61. The van der Waals surface area contributed by atoms with Crippen LogP contribution in [0.3, 0.4) is 0 Å². The van der Waals surface area contributed by atoms with E-state index in [1.807, 2.05) is 0 Å². The van der Waals surface area contributed by atoms with Gasteiger partial charge in [0, 0.05) is 6.54 Å². The third-order valence-corrected chi connectivity index (χ3v) is 4.06. The maximum atomic E-state index is 13.0. The Morgan fingerprint density at radius 3 is 2.30 bits per heavy atom. The number of nitrogen functional groups attached to an aromatic ring is 1. The van der Waals surface area contributed by atoms with Crippen LogP contribution in [-0.4, -0.2) is 8.42 Å². The molecule has 0 heterocycles. The van der Waals surface area contributed by atoms with Crippen LogP contribution in [0.4, 0.5) is 14.5 Å². The lowest BCUT2D eigenvalue weighted by molar-refractivity contribution is 0.580. The smallest absolute Gasteiger partial charge is 0.240 e. The number of rotatable bonds is 4. The minimum absolute atomic E-state index is 0.000105. The number of sulfonamides is 1. The van der Waals surface area contributed by atoms with E-state index in [0.29, 0.717) is 5.56 Å². The zero-order valence-corrected chi connectivity index (χ0v) is 11.1. The molecule has 0 aliphatic heterocycles. The van der Waals surface area contributed by atoms with Gasteiger partial charge in [-0.25, -0.2) is 21.9 Å². The molecule has 0 amide bonds. The van der Waals surface area contributed by atoms with Gasteiger partial charge in [0.2, 0.25) is 10.0 Å². The number of anilines is 1. The molecular formula is C13H12F2N2O2S. The van der Waals surface area contributed by atoms with Crippen molar-refractivity contribution in [3.05, 3.63) is 59.7 Å². The highest BCUT2D eigenvalue weighted by Gasteiger charge is 2.15. The second kappa shape index (κ2) is 5.56. The fraction of sp³-hybridized carbons (Fsp3) is 0.0769. The Balaban J connectivity index is 2.14. The second-order valence-electron chi connectivity index (χ2n) is 4.13. The molecule has 0 aliphatic carbocycles. The molecular weight excluding hydrogens is 286 g/mol. The first-order chi connectivity index (χ1) is 9.38. The fourth-order valence-electron chi connectivity index (χ4n) is 1.55. The third kappa shape index (κ3) is 3.31. The van der Waals surface area contributed by atoms with Gasteiger partial charge in [-0.2, -0.15) is 0 Å². The van der Waals surface area contributed by atoms with Crippen molar-refractivity contribution >= 4 is 15.7 Å². The molecule has 0 saturated heterocycles. The van der Waals surface area contributed by atoms with Gasteiger partial charge in [0.1, 0.15) is 11.6 Å². The maximum Gasteiger partial charge on any atom is 0.240 e. The van der Waals surface area contributed by atoms with E-state index in [4.69, 9.17) is 5.73 Å². The lowest BCUT2D eigenvalue weighted by Gasteiger charge is -2.08. The molecule has 0 fully saturated rings. The van der Waals surface area contributed by atoms with Gasteiger partial charge in [0.05, 0.1) is 10.6 Å². The van der Waals surface area contributed by atoms with Gasteiger partial charge >= 0.3 is 0 Å². The largest absolute Gasteiger partial charge is 0.396 e. The van der Waals surface area contributed by atoms with Crippen LogP contribution >= 0.6 is 0 Å². The predicted octanol–water partition coefficient (Wildman–Crippen LogP) is 2.03. The maximum absolute atomic E-state index is 13.0. The monoisotopic (exact) mass is 298 g/mol. The highest BCUT2D eigenvalue weighted by Crippen LogP contribution is 2.16. The number of nitrogens with two attached hydrogens (primary N) is 1. The summed E-state index contributed by atoms with van der Waals surface area (Å²) in [5, 5.41) is 0. The highest BCUT2D eigenvalue weighted by atomic mass is 32.2. The van der Waals surface area contributed by atoms with Crippen molar-refractivity contribution in [3.8, 4) is 0 Å². The summed E-state index contributed by atoms with van der Waals surface area (Å²) in [7, 11) is -3.80. The summed E-state index contributed by atoms with van der Waals surface area (Å²) in [5.74, 6) is -1.08. The molecule has 0 spiro atoms. The molecule has 2 rings (SSSR count). The molecule has 0 aromatic heterocycles. The number of halogens is 2. The van der Waals surface area contributed by atoms with Crippen molar-refractivity contribution in [3.63, 3.8) is 0 Å². The molecule has 4 nitrogen and oxygen atoms in total. The molecule has 3 N–H and O–H groups in total. The van der Waals surface area contributed by atoms with Crippen molar-refractivity contribution in [2.24, 2.45) is 0 Å². The minimum atomic E-state index is -3.80. The van der Waals surface area contributed by atoms with Crippen LogP contribution in [0.15, 0.2) is 47.4 Å². The number of hydrogen-bond donors (Lipinski definition) is 2. The quantitative estimate of drug-likeness (QED) is 0.848. The highest BCUT2D eigenvalue weighted by molar-refractivity contribution is 7.89. The molecule has 2 aromatic rings. The lowest BCUT2D eigenvalue weighted by Crippen LogP contribution is -2.23. The Morgan fingerprint density at radius 1 is 1.05 bits per heavy atom. The summed E-state index contributed by atoms with van der Waals surface area (Å²) in [6.07, 6.45) is 0. The van der Waals surface area contributed by atoms with Gasteiger partial charge in [-0.1, -0.05) is 12.1 Å². The van der Waals surface area contributed by atoms with Crippen molar-refractivity contribution in [2.45, 2.75) is 11.4 Å². The van der Waals surface area contributed by atoms with Gasteiger partial charge in [-0.3, -0.25) is 0 Å². The molecule has 7 heteroatoms. The molecule has 0 aliphatic rings. The van der Waals surface area contributed by atoms with Crippen LogP contribution in [0.25, 0.3) is 0 Å². The van der Waals surface area contributed by atoms with Gasteiger partial charge in [-0.15, -0.1) is 0 Å². The summed E-state index contributed by atoms with van der Waals surface area (Å²) in [6, 6.07) is 8.57. The average Bonchev–Trinajstić information content (AvgIpc) is 2.41. The van der Waals surface area contributed by atoms with Crippen molar-refractivity contribution in [2.75, 3.05) is 5.73 Å². The molecule has 0 unspecified atom stereocenters. The number of nitrogens with one attached hydrogen (secondary N) is 1. The average molecular weight is 298 g/mol. The van der Waals surface area contributed by atoms with E-state index in [-0.39, 0.29) is 17.1 Å². The zero-order chi connectivity index (χ0) is 14.8. The van der Waals surface area contributed by atoms with Crippen molar-refractivity contribution in [1.29, 1.82) is 0 Å². The summed E-state index contributed by atoms with van der Waals surface area (Å²) in [4.78, 5) is -0.126. The molecule has 0 atom stereocenters. The Hall–Kier alpha value is -1.99. The van der Waals surface area contributed by atoms with Crippen molar-refractivity contribution in [1.82, 2.24) is 4.72 Å². The Morgan fingerprint density at radius 2 is 1.70 bits per heavy atom. The van der Waals surface area contributed by atoms with E-state index in [1.165, 1.54) is 24.3 Å². The van der Waals surface area contributed by atoms with Crippen LogP contribution in [0.2, 0.25) is 0 Å². The van der Waals surface area contributed by atoms with E-state index in [2.05, 4.69) is 4.72 Å². The van der Waals surface area contributed by atoms with E-state index in [9.17, 15) is 17.2 Å².